The zero-order valence-corrected chi connectivity index (χ0v) is 9.20. The summed E-state index contributed by atoms with van der Waals surface area (Å²) >= 11 is 0. The summed E-state index contributed by atoms with van der Waals surface area (Å²) in [5, 5.41) is 6.48. The lowest BCUT2D eigenvalue weighted by atomic mass is 9.99. The van der Waals surface area contributed by atoms with E-state index in [4.69, 9.17) is 0 Å². The topological polar surface area (TPSA) is 41.1 Å². The van der Waals surface area contributed by atoms with E-state index in [-0.39, 0.29) is 11.9 Å². The number of para-hydroxylation sites is 1. The maximum Gasteiger partial charge on any atom is 0.223 e. The van der Waals surface area contributed by atoms with Crippen LogP contribution in [-0.4, -0.2) is 18.5 Å². The minimum absolute atomic E-state index is 0.242. The van der Waals surface area contributed by atoms with Crippen LogP contribution in [0.5, 0.6) is 0 Å². The van der Waals surface area contributed by atoms with Gasteiger partial charge in [0.25, 0.3) is 0 Å². The second-order valence-electron chi connectivity index (χ2n) is 4.72. The molecule has 3 heteroatoms. The van der Waals surface area contributed by atoms with Crippen LogP contribution in [0.15, 0.2) is 24.3 Å². The summed E-state index contributed by atoms with van der Waals surface area (Å²) in [4.78, 5) is 11.6. The first kappa shape index (κ1) is 9.70. The Bertz CT molecular complexity index is 412. The molecule has 1 saturated carbocycles. The first-order valence-electron chi connectivity index (χ1n) is 5.95. The number of carbonyl (C=O) groups excluding carboxylic acids is 1. The van der Waals surface area contributed by atoms with Gasteiger partial charge in [-0.2, -0.15) is 0 Å². The Balaban J connectivity index is 1.65. The third-order valence-corrected chi connectivity index (χ3v) is 3.32. The minimum atomic E-state index is 0.242. The lowest BCUT2D eigenvalue weighted by Crippen LogP contribution is -2.44. The number of rotatable bonds is 2. The lowest BCUT2D eigenvalue weighted by molar-refractivity contribution is -0.122. The fourth-order valence-corrected chi connectivity index (χ4v) is 2.21. The van der Waals surface area contributed by atoms with Gasteiger partial charge in [-0.25, -0.2) is 0 Å². The predicted octanol–water partition coefficient (Wildman–Crippen LogP) is 1.55. The summed E-state index contributed by atoms with van der Waals surface area (Å²) < 4.78 is 0. The van der Waals surface area contributed by atoms with Crippen LogP contribution in [0, 0.1) is 5.92 Å². The van der Waals surface area contributed by atoms with E-state index in [0.717, 1.165) is 25.8 Å². The molecule has 0 radical (unpaired) electrons. The van der Waals surface area contributed by atoms with Crippen molar-refractivity contribution in [3.8, 4) is 0 Å². The van der Waals surface area contributed by atoms with E-state index in [2.05, 4.69) is 22.8 Å². The molecule has 2 N–H and O–H groups in total. The molecule has 1 atom stereocenters. The van der Waals surface area contributed by atoms with E-state index in [1.807, 2.05) is 12.1 Å². The van der Waals surface area contributed by atoms with Crippen molar-refractivity contribution in [2.24, 2.45) is 5.92 Å². The summed E-state index contributed by atoms with van der Waals surface area (Å²) in [7, 11) is 0. The van der Waals surface area contributed by atoms with Gasteiger partial charge >= 0.3 is 0 Å². The quantitative estimate of drug-likeness (QED) is 0.787. The number of fused-ring (bicyclic) bond motifs is 1. The van der Waals surface area contributed by atoms with Crippen molar-refractivity contribution < 1.29 is 4.79 Å². The van der Waals surface area contributed by atoms with Crippen molar-refractivity contribution in [3.63, 3.8) is 0 Å². The Morgan fingerprint density at radius 3 is 2.94 bits per heavy atom. The number of hydrogen-bond donors (Lipinski definition) is 2. The van der Waals surface area contributed by atoms with Crippen molar-refractivity contribution in [1.82, 2.24) is 5.32 Å². The average molecular weight is 216 g/mol. The fourth-order valence-electron chi connectivity index (χ4n) is 2.21. The van der Waals surface area contributed by atoms with E-state index < -0.39 is 0 Å². The zero-order chi connectivity index (χ0) is 11.0. The Morgan fingerprint density at radius 2 is 2.12 bits per heavy atom. The molecule has 1 aromatic rings. The molecule has 1 heterocycles. The number of anilines is 1. The fraction of sp³-hybridized carbons (Fsp3) is 0.462. The van der Waals surface area contributed by atoms with E-state index in [1.165, 1.54) is 11.3 Å². The average Bonchev–Trinajstić information content (AvgIpc) is 3.12. The Labute approximate surface area is 95.2 Å². The largest absolute Gasteiger partial charge is 0.383 e. The highest BCUT2D eigenvalue weighted by Crippen LogP contribution is 2.29. The van der Waals surface area contributed by atoms with Gasteiger partial charge in [-0.3, -0.25) is 4.79 Å². The molecule has 2 aliphatic rings. The molecule has 1 aromatic carbocycles. The SMILES string of the molecule is O=C(N[C@@H]1CNc2ccccc2C1)C1CC1. The Morgan fingerprint density at radius 1 is 1.31 bits per heavy atom. The second-order valence-corrected chi connectivity index (χ2v) is 4.72. The first-order valence-corrected chi connectivity index (χ1v) is 5.95. The third-order valence-electron chi connectivity index (χ3n) is 3.32. The molecule has 84 valence electrons. The maximum absolute atomic E-state index is 11.6. The van der Waals surface area contributed by atoms with Gasteiger partial charge in [0.1, 0.15) is 0 Å². The van der Waals surface area contributed by atoms with Crippen LogP contribution < -0.4 is 10.6 Å². The molecule has 1 fully saturated rings. The zero-order valence-electron chi connectivity index (χ0n) is 9.20. The Hall–Kier alpha value is -1.51. The smallest absolute Gasteiger partial charge is 0.223 e. The van der Waals surface area contributed by atoms with Gasteiger partial charge in [-0.15, -0.1) is 0 Å². The van der Waals surface area contributed by atoms with Gasteiger partial charge in [-0.1, -0.05) is 18.2 Å². The highest BCUT2D eigenvalue weighted by atomic mass is 16.2. The van der Waals surface area contributed by atoms with Crippen LogP contribution in [0.2, 0.25) is 0 Å². The highest BCUT2D eigenvalue weighted by molar-refractivity contribution is 5.81. The Kier molecular flexibility index (Phi) is 2.31. The summed E-state index contributed by atoms with van der Waals surface area (Å²) in [6, 6.07) is 8.55. The van der Waals surface area contributed by atoms with Crippen LogP contribution in [0.3, 0.4) is 0 Å². The molecule has 0 spiro atoms. The number of nitrogens with one attached hydrogen (secondary N) is 2. The van der Waals surface area contributed by atoms with Crippen molar-refractivity contribution in [2.45, 2.75) is 25.3 Å². The first-order chi connectivity index (χ1) is 7.83. The molecule has 3 nitrogen and oxygen atoms in total. The summed E-state index contributed by atoms with van der Waals surface area (Å²) in [6.07, 6.45) is 3.09. The number of benzene rings is 1. The molecule has 0 saturated heterocycles. The summed E-state index contributed by atoms with van der Waals surface area (Å²) in [5.74, 6) is 0.545. The molecule has 16 heavy (non-hydrogen) atoms. The van der Waals surface area contributed by atoms with Crippen LogP contribution in [0.25, 0.3) is 0 Å². The van der Waals surface area contributed by atoms with E-state index in [0.29, 0.717) is 5.92 Å². The van der Waals surface area contributed by atoms with Crippen molar-refractivity contribution in [2.75, 3.05) is 11.9 Å². The van der Waals surface area contributed by atoms with E-state index in [1.54, 1.807) is 0 Å². The van der Waals surface area contributed by atoms with Crippen LogP contribution in [0.4, 0.5) is 5.69 Å². The molecule has 1 aliphatic carbocycles. The number of carbonyl (C=O) groups is 1. The third kappa shape index (κ3) is 1.90. The van der Waals surface area contributed by atoms with Crippen molar-refractivity contribution in [3.05, 3.63) is 29.8 Å². The molecule has 0 aromatic heterocycles. The molecule has 1 amide bonds. The van der Waals surface area contributed by atoms with Gasteiger partial charge < -0.3 is 10.6 Å². The highest BCUT2D eigenvalue weighted by Gasteiger charge is 2.31. The minimum Gasteiger partial charge on any atom is -0.383 e. The van der Waals surface area contributed by atoms with Gasteiger partial charge in [0.05, 0.1) is 6.04 Å². The van der Waals surface area contributed by atoms with Crippen LogP contribution >= 0.6 is 0 Å². The number of amides is 1. The summed E-state index contributed by atoms with van der Waals surface area (Å²) in [6.45, 7) is 0.843. The maximum atomic E-state index is 11.6. The van der Waals surface area contributed by atoms with Crippen molar-refractivity contribution >= 4 is 11.6 Å². The second kappa shape index (κ2) is 3.81. The summed E-state index contributed by atoms with van der Waals surface area (Å²) in [5.41, 5.74) is 2.51. The molecule has 0 bridgehead atoms. The van der Waals surface area contributed by atoms with Gasteiger partial charge in [0, 0.05) is 18.2 Å². The monoisotopic (exact) mass is 216 g/mol. The molecular formula is C13H16N2O. The standard InChI is InChI=1S/C13H16N2O/c16-13(9-5-6-9)15-11-7-10-3-1-2-4-12(10)14-8-11/h1-4,9,11,14H,5-8H2,(H,15,16)/t11-/m0/s1. The number of hydrogen-bond acceptors (Lipinski definition) is 2. The van der Waals surface area contributed by atoms with E-state index in [9.17, 15) is 4.79 Å². The van der Waals surface area contributed by atoms with Crippen LogP contribution in [0.1, 0.15) is 18.4 Å². The lowest BCUT2D eigenvalue weighted by Gasteiger charge is -2.26. The van der Waals surface area contributed by atoms with E-state index >= 15 is 0 Å². The molecule has 1 aliphatic heterocycles. The molecule has 0 unspecified atom stereocenters. The van der Waals surface area contributed by atoms with Gasteiger partial charge in [0.15, 0.2) is 0 Å². The van der Waals surface area contributed by atoms with Gasteiger partial charge in [0.2, 0.25) is 5.91 Å². The normalized spacial score (nSPS) is 23.1. The van der Waals surface area contributed by atoms with Crippen LogP contribution in [-0.2, 0) is 11.2 Å². The van der Waals surface area contributed by atoms with Crippen molar-refractivity contribution in [1.29, 1.82) is 0 Å². The predicted molar refractivity (Wildman–Crippen MR) is 63.3 cm³/mol. The molecular weight excluding hydrogens is 200 g/mol. The molecule has 3 rings (SSSR count). The van der Waals surface area contributed by atoms with Gasteiger partial charge in [-0.05, 0) is 30.9 Å².